The molecule has 56 heavy (non-hydrogen) atoms. The van der Waals surface area contributed by atoms with Gasteiger partial charge in [0.15, 0.2) is 0 Å². The van der Waals surface area contributed by atoms with Crippen molar-refractivity contribution in [2.75, 3.05) is 0 Å². The molecule has 1 aliphatic rings. The van der Waals surface area contributed by atoms with E-state index in [0.29, 0.717) is 0 Å². The zero-order valence-corrected chi connectivity index (χ0v) is 31.4. The first-order valence-corrected chi connectivity index (χ1v) is 19.9. The number of nitrogens with zero attached hydrogens (tertiary/aromatic N) is 2. The zero-order chi connectivity index (χ0) is 37.3. The molecule has 10 rings (SSSR count). The van der Waals surface area contributed by atoms with Gasteiger partial charge in [-0.15, -0.1) is 0 Å². The van der Waals surface area contributed by atoms with Crippen LogP contribution in [0.4, 0.5) is 0 Å². The van der Waals surface area contributed by atoms with E-state index in [0.717, 1.165) is 33.5 Å². The highest BCUT2D eigenvalue weighted by atomic mass is 14.7. The van der Waals surface area contributed by atoms with Crippen LogP contribution in [0, 0.1) is 0 Å². The molecule has 2 aromatic heterocycles. The molecule has 0 atom stereocenters. The number of para-hydroxylation sites is 2. The molecule has 2 heteroatoms. The van der Waals surface area contributed by atoms with Crippen molar-refractivity contribution < 1.29 is 0 Å². The van der Waals surface area contributed by atoms with Crippen molar-refractivity contribution in [3.63, 3.8) is 0 Å². The van der Waals surface area contributed by atoms with Crippen LogP contribution in [0.5, 0.6) is 0 Å². The molecule has 9 aromatic rings. The van der Waals surface area contributed by atoms with Crippen LogP contribution in [0.15, 0.2) is 194 Å². The first-order valence-electron chi connectivity index (χ1n) is 19.9. The second-order valence-corrected chi connectivity index (χ2v) is 15.3. The fourth-order valence-electron chi connectivity index (χ4n) is 8.94. The van der Waals surface area contributed by atoms with Crippen LogP contribution in [-0.2, 0) is 5.41 Å². The smallest absolute Gasteiger partial charge is 0.0715 e. The van der Waals surface area contributed by atoms with Gasteiger partial charge in [0.25, 0.3) is 0 Å². The number of rotatable bonds is 7. The Bertz CT molecular complexity index is 2780. The maximum atomic E-state index is 5.08. The number of pyridine rings is 2. The number of hydrogen-bond donors (Lipinski definition) is 0. The van der Waals surface area contributed by atoms with Gasteiger partial charge in [0.2, 0.25) is 0 Å². The quantitative estimate of drug-likeness (QED) is 0.164. The van der Waals surface area contributed by atoms with Crippen molar-refractivity contribution >= 4 is 21.8 Å². The molecule has 2 nitrogen and oxygen atoms in total. The normalized spacial score (nSPS) is 13.9. The van der Waals surface area contributed by atoms with Gasteiger partial charge in [-0.2, -0.15) is 0 Å². The summed E-state index contributed by atoms with van der Waals surface area (Å²) in [6.07, 6.45) is 6.17. The minimum Gasteiger partial charge on any atom is -0.248 e. The van der Waals surface area contributed by atoms with E-state index in [-0.39, 0.29) is 5.41 Å². The van der Waals surface area contributed by atoms with Gasteiger partial charge in [-0.1, -0.05) is 189 Å². The van der Waals surface area contributed by atoms with Gasteiger partial charge < -0.3 is 0 Å². The van der Waals surface area contributed by atoms with Crippen LogP contribution >= 0.6 is 0 Å². The van der Waals surface area contributed by atoms with Gasteiger partial charge in [0.05, 0.1) is 22.4 Å². The Morgan fingerprint density at radius 2 is 0.821 bits per heavy atom. The van der Waals surface area contributed by atoms with E-state index in [4.69, 9.17) is 9.97 Å². The Morgan fingerprint density at radius 3 is 1.45 bits per heavy atom. The van der Waals surface area contributed by atoms with E-state index in [1.807, 2.05) is 6.07 Å². The predicted molar refractivity (Wildman–Crippen MR) is 235 cm³/mol. The van der Waals surface area contributed by atoms with Crippen molar-refractivity contribution in [1.29, 1.82) is 0 Å². The minimum absolute atomic E-state index is 0.0307. The summed E-state index contributed by atoms with van der Waals surface area (Å²) in [7, 11) is 0. The summed E-state index contributed by atoms with van der Waals surface area (Å²) in [6.45, 7) is 0. The van der Waals surface area contributed by atoms with Crippen molar-refractivity contribution in [3.05, 3.63) is 205 Å². The molecule has 1 fully saturated rings. The fourth-order valence-corrected chi connectivity index (χ4v) is 8.94. The molecule has 7 aromatic carbocycles. The predicted octanol–water partition coefficient (Wildman–Crippen LogP) is 14.4. The molecule has 0 bridgehead atoms. The van der Waals surface area contributed by atoms with Gasteiger partial charge in [0.1, 0.15) is 0 Å². The molecule has 0 unspecified atom stereocenters. The summed E-state index contributed by atoms with van der Waals surface area (Å²) in [5.41, 5.74) is 16.5. The summed E-state index contributed by atoms with van der Waals surface area (Å²) in [6, 6.07) is 70.4. The lowest BCUT2D eigenvalue weighted by atomic mass is 9.65. The highest BCUT2D eigenvalue weighted by molar-refractivity contribution is 5.96. The van der Waals surface area contributed by atoms with Gasteiger partial charge >= 0.3 is 0 Å². The first kappa shape index (κ1) is 33.9. The average Bonchev–Trinajstić information content (AvgIpc) is 3.29. The van der Waals surface area contributed by atoms with Crippen LogP contribution in [0.1, 0.15) is 43.2 Å². The minimum atomic E-state index is 0.0307. The molecule has 1 saturated carbocycles. The Labute approximate surface area is 329 Å². The van der Waals surface area contributed by atoms with Crippen LogP contribution in [0.2, 0.25) is 0 Å². The van der Waals surface area contributed by atoms with E-state index in [2.05, 4.69) is 188 Å². The molecular weight excluding hydrogens is 677 g/mol. The van der Waals surface area contributed by atoms with E-state index in [1.54, 1.807) is 0 Å². The number of hydrogen-bond acceptors (Lipinski definition) is 2. The van der Waals surface area contributed by atoms with Crippen molar-refractivity contribution in [2.24, 2.45) is 0 Å². The van der Waals surface area contributed by atoms with E-state index < -0.39 is 0 Å². The summed E-state index contributed by atoms with van der Waals surface area (Å²) < 4.78 is 0. The third-order valence-corrected chi connectivity index (χ3v) is 12.0. The van der Waals surface area contributed by atoms with Crippen molar-refractivity contribution in [1.82, 2.24) is 9.97 Å². The molecule has 268 valence electrons. The van der Waals surface area contributed by atoms with E-state index >= 15 is 0 Å². The Kier molecular flexibility index (Phi) is 8.80. The third kappa shape index (κ3) is 6.37. The van der Waals surface area contributed by atoms with Gasteiger partial charge in [-0.3, -0.25) is 0 Å². The Morgan fingerprint density at radius 1 is 0.339 bits per heavy atom. The molecule has 0 N–H and O–H groups in total. The van der Waals surface area contributed by atoms with Crippen LogP contribution in [0.3, 0.4) is 0 Å². The second kappa shape index (κ2) is 14.5. The van der Waals surface area contributed by atoms with Gasteiger partial charge in [0, 0.05) is 27.3 Å². The van der Waals surface area contributed by atoms with Crippen molar-refractivity contribution in [2.45, 2.75) is 37.5 Å². The van der Waals surface area contributed by atoms with Crippen molar-refractivity contribution in [3.8, 4) is 55.9 Å². The summed E-state index contributed by atoms with van der Waals surface area (Å²) in [5, 5.41) is 2.34. The molecule has 0 spiro atoms. The number of aromatic nitrogens is 2. The van der Waals surface area contributed by atoms with E-state index in [1.165, 1.54) is 87.4 Å². The fraction of sp³-hybridized carbons (Fsp3) is 0.111. The zero-order valence-electron chi connectivity index (χ0n) is 31.4. The third-order valence-electron chi connectivity index (χ3n) is 12.0. The number of benzene rings is 7. The molecule has 0 aliphatic heterocycles. The lowest BCUT2D eigenvalue weighted by Gasteiger charge is -2.39. The van der Waals surface area contributed by atoms with Gasteiger partial charge in [-0.25, -0.2) is 9.97 Å². The van der Waals surface area contributed by atoms with Crippen LogP contribution < -0.4 is 0 Å². The first-order chi connectivity index (χ1) is 27.7. The highest BCUT2D eigenvalue weighted by Gasteiger charge is 2.35. The highest BCUT2D eigenvalue weighted by Crippen LogP contribution is 2.46. The monoisotopic (exact) mass is 718 g/mol. The van der Waals surface area contributed by atoms with E-state index in [9.17, 15) is 0 Å². The summed E-state index contributed by atoms with van der Waals surface area (Å²) >= 11 is 0. The summed E-state index contributed by atoms with van der Waals surface area (Å²) in [4.78, 5) is 9.98. The maximum Gasteiger partial charge on any atom is 0.0715 e. The molecule has 1 aliphatic carbocycles. The second-order valence-electron chi connectivity index (χ2n) is 15.3. The Balaban J connectivity index is 0.897. The lowest BCUT2D eigenvalue weighted by Crippen LogP contribution is -2.30. The molecule has 0 amide bonds. The standard InChI is InChI=1S/C54H42N2/c1-3-11-42(12-4-1)49-37-53(56-52-16-8-6-14-48(49)52)45-23-19-39(20-24-45)41-27-32-47(33-28-41)54(35-9-2-10-36-54)46-30-25-40(26-31-46)38-17-21-44(22-18-38)51-34-29-43-13-5-7-15-50(43)55-51/h1,3-8,11-34,37H,2,9-10,35-36H2. The SMILES string of the molecule is c1ccc(-c2cc(-c3ccc(-c4ccc(C5(c6ccc(-c7ccc(-c8ccc9ccccc9n8)cc7)cc6)CCCCC5)cc4)cc3)nc3ccccc23)cc1. The molecule has 2 heterocycles. The molecule has 0 radical (unpaired) electrons. The van der Waals surface area contributed by atoms with Crippen LogP contribution in [0.25, 0.3) is 77.7 Å². The van der Waals surface area contributed by atoms with Gasteiger partial charge in [-0.05, 0) is 81.6 Å². The topological polar surface area (TPSA) is 25.8 Å². The molecular formula is C54H42N2. The average molecular weight is 719 g/mol. The lowest BCUT2D eigenvalue weighted by molar-refractivity contribution is 0.346. The number of fused-ring (bicyclic) bond motifs is 2. The van der Waals surface area contributed by atoms with Crippen LogP contribution in [-0.4, -0.2) is 9.97 Å². The summed E-state index contributed by atoms with van der Waals surface area (Å²) in [5.74, 6) is 0. The largest absolute Gasteiger partial charge is 0.248 e. The molecule has 0 saturated heterocycles. The Hall–Kier alpha value is -6.64. The maximum absolute atomic E-state index is 5.08.